The maximum absolute atomic E-state index is 12.9. The summed E-state index contributed by atoms with van der Waals surface area (Å²) < 4.78 is 5.95. The van der Waals surface area contributed by atoms with Crippen molar-refractivity contribution in [2.24, 2.45) is 7.05 Å². The maximum Gasteiger partial charge on any atom is 0.358 e. The van der Waals surface area contributed by atoms with E-state index in [1.807, 2.05) is 30.3 Å². The fourth-order valence-corrected chi connectivity index (χ4v) is 3.97. The van der Waals surface area contributed by atoms with Crippen LogP contribution in [-0.4, -0.2) is 33.8 Å². The smallest absolute Gasteiger partial charge is 0.358 e. The lowest BCUT2D eigenvalue weighted by Gasteiger charge is -2.07. The van der Waals surface area contributed by atoms with E-state index in [-0.39, 0.29) is 22.1 Å². The van der Waals surface area contributed by atoms with E-state index in [2.05, 4.69) is 15.4 Å². The van der Waals surface area contributed by atoms with Gasteiger partial charge in [-0.3, -0.25) is 14.9 Å². The molecule has 150 valence electrons. The summed E-state index contributed by atoms with van der Waals surface area (Å²) in [4.78, 5) is 42.3. The Morgan fingerprint density at radius 3 is 2.37 bits per heavy atom. The van der Waals surface area contributed by atoms with Crippen molar-refractivity contribution in [2.45, 2.75) is 0 Å². The molecule has 0 spiro atoms. The van der Waals surface area contributed by atoms with Crippen molar-refractivity contribution >= 4 is 39.1 Å². The Kier molecular flexibility index (Phi) is 5.11. The van der Waals surface area contributed by atoms with Crippen LogP contribution in [-0.2, 0) is 11.8 Å². The number of methoxy groups -OCH3 is 1. The molecule has 8 nitrogen and oxygen atoms in total. The SMILES string of the molecule is COC(=O)c1nc(NC(=O)c2nn(C)c(=O)c3ccccc23)sc1-c1ccccc1. The highest BCUT2D eigenvalue weighted by Crippen LogP contribution is 2.33. The standard InChI is InChI=1S/C21H16N4O4S/c1-25-19(27)14-11-7-6-10-13(14)15(24-25)18(26)23-21-22-16(20(28)29-2)17(30-21)12-8-4-3-5-9-12/h3-11H,1-2H3,(H,22,23,26). The minimum absolute atomic E-state index is 0.0868. The highest BCUT2D eigenvalue weighted by atomic mass is 32.1. The van der Waals surface area contributed by atoms with Gasteiger partial charge in [0.05, 0.1) is 17.4 Å². The number of thiazole rings is 1. The van der Waals surface area contributed by atoms with E-state index in [0.29, 0.717) is 15.6 Å². The summed E-state index contributed by atoms with van der Waals surface area (Å²) >= 11 is 1.15. The highest BCUT2D eigenvalue weighted by molar-refractivity contribution is 7.19. The number of anilines is 1. The van der Waals surface area contributed by atoms with Crippen LogP contribution in [0.1, 0.15) is 21.0 Å². The summed E-state index contributed by atoms with van der Waals surface area (Å²) in [6.07, 6.45) is 0. The van der Waals surface area contributed by atoms with E-state index in [0.717, 1.165) is 21.6 Å². The molecule has 0 fully saturated rings. The topological polar surface area (TPSA) is 103 Å². The summed E-state index contributed by atoms with van der Waals surface area (Å²) in [7, 11) is 2.76. The third-order valence-corrected chi connectivity index (χ3v) is 5.45. The molecule has 1 N–H and O–H groups in total. The van der Waals surface area contributed by atoms with Crippen molar-refractivity contribution in [1.82, 2.24) is 14.8 Å². The molecule has 0 saturated carbocycles. The van der Waals surface area contributed by atoms with Gasteiger partial charge in [0, 0.05) is 12.4 Å². The molecule has 0 aliphatic rings. The molecule has 0 radical (unpaired) electrons. The van der Waals surface area contributed by atoms with E-state index in [1.54, 1.807) is 24.3 Å². The molecule has 0 aliphatic heterocycles. The van der Waals surface area contributed by atoms with Crippen LogP contribution >= 0.6 is 11.3 Å². The molecule has 30 heavy (non-hydrogen) atoms. The number of hydrogen-bond acceptors (Lipinski definition) is 7. The number of rotatable bonds is 4. The van der Waals surface area contributed by atoms with Gasteiger partial charge in [-0.25, -0.2) is 14.5 Å². The molecule has 1 amide bonds. The van der Waals surface area contributed by atoms with Crippen LogP contribution in [0.25, 0.3) is 21.2 Å². The summed E-state index contributed by atoms with van der Waals surface area (Å²) in [5, 5.41) is 7.85. The van der Waals surface area contributed by atoms with Crippen molar-refractivity contribution < 1.29 is 14.3 Å². The number of ether oxygens (including phenoxy) is 1. The predicted octanol–water partition coefficient (Wildman–Crippen LogP) is 3.10. The van der Waals surface area contributed by atoms with E-state index >= 15 is 0 Å². The molecule has 0 bridgehead atoms. The molecule has 0 unspecified atom stereocenters. The summed E-state index contributed by atoms with van der Waals surface area (Å²) in [5.41, 5.74) is 0.684. The lowest BCUT2D eigenvalue weighted by Crippen LogP contribution is -2.25. The number of aromatic nitrogens is 3. The Morgan fingerprint density at radius 1 is 1.00 bits per heavy atom. The second-order valence-electron chi connectivity index (χ2n) is 6.33. The second-order valence-corrected chi connectivity index (χ2v) is 7.33. The van der Waals surface area contributed by atoms with Crippen LogP contribution in [0.2, 0.25) is 0 Å². The Morgan fingerprint density at radius 2 is 1.67 bits per heavy atom. The molecular weight excluding hydrogens is 404 g/mol. The highest BCUT2D eigenvalue weighted by Gasteiger charge is 2.23. The van der Waals surface area contributed by atoms with Gasteiger partial charge in [-0.2, -0.15) is 5.10 Å². The molecule has 4 aromatic rings. The fourth-order valence-electron chi connectivity index (χ4n) is 3.02. The Balaban J connectivity index is 1.75. The monoisotopic (exact) mass is 420 g/mol. The van der Waals surface area contributed by atoms with Crippen LogP contribution < -0.4 is 10.9 Å². The number of nitrogens with one attached hydrogen (secondary N) is 1. The average molecular weight is 420 g/mol. The quantitative estimate of drug-likeness (QED) is 0.509. The van der Waals surface area contributed by atoms with Crippen LogP contribution in [0.5, 0.6) is 0 Å². The second kappa shape index (κ2) is 7.88. The van der Waals surface area contributed by atoms with Crippen molar-refractivity contribution in [1.29, 1.82) is 0 Å². The van der Waals surface area contributed by atoms with Crippen molar-refractivity contribution in [3.63, 3.8) is 0 Å². The van der Waals surface area contributed by atoms with Crippen molar-refractivity contribution in [2.75, 3.05) is 12.4 Å². The number of carbonyl (C=O) groups excluding carboxylic acids is 2. The van der Waals surface area contributed by atoms with Crippen LogP contribution in [0, 0.1) is 0 Å². The third kappa shape index (κ3) is 3.46. The number of hydrogen-bond donors (Lipinski definition) is 1. The summed E-state index contributed by atoms with van der Waals surface area (Å²) in [6, 6.07) is 16.0. The summed E-state index contributed by atoms with van der Waals surface area (Å²) in [5.74, 6) is -1.14. The first kappa shape index (κ1) is 19.5. The normalized spacial score (nSPS) is 10.7. The number of amides is 1. The molecular formula is C21H16N4O4S. The molecule has 4 rings (SSSR count). The zero-order chi connectivity index (χ0) is 21.3. The van der Waals surface area contributed by atoms with Gasteiger partial charge in [-0.15, -0.1) is 0 Å². The van der Waals surface area contributed by atoms with E-state index in [4.69, 9.17) is 4.74 Å². The Bertz CT molecular complexity index is 1330. The number of fused-ring (bicyclic) bond motifs is 1. The number of nitrogens with zero attached hydrogens (tertiary/aromatic N) is 3. The Hall–Kier alpha value is -3.85. The number of esters is 1. The first-order valence-corrected chi connectivity index (χ1v) is 9.73. The van der Waals surface area contributed by atoms with Crippen molar-refractivity contribution in [3.8, 4) is 10.4 Å². The van der Waals surface area contributed by atoms with E-state index in [1.165, 1.54) is 14.2 Å². The molecule has 0 atom stereocenters. The third-order valence-electron chi connectivity index (χ3n) is 4.43. The van der Waals surface area contributed by atoms with Gasteiger partial charge < -0.3 is 4.74 Å². The van der Waals surface area contributed by atoms with Gasteiger partial charge >= 0.3 is 5.97 Å². The largest absolute Gasteiger partial charge is 0.464 e. The van der Waals surface area contributed by atoms with Gasteiger partial charge in [0.25, 0.3) is 11.5 Å². The maximum atomic E-state index is 12.9. The minimum atomic E-state index is -0.601. The number of carbonyl (C=O) groups is 2. The molecule has 0 aliphatic carbocycles. The van der Waals surface area contributed by atoms with Gasteiger partial charge in [-0.05, 0) is 11.6 Å². The lowest BCUT2D eigenvalue weighted by atomic mass is 10.1. The van der Waals surface area contributed by atoms with E-state index < -0.39 is 11.9 Å². The first-order valence-electron chi connectivity index (χ1n) is 8.91. The molecule has 0 saturated heterocycles. The van der Waals surface area contributed by atoms with Gasteiger partial charge in [0.15, 0.2) is 16.5 Å². The molecule has 9 heteroatoms. The van der Waals surface area contributed by atoms with Crippen LogP contribution in [0.15, 0.2) is 59.4 Å². The number of benzene rings is 2. The summed E-state index contributed by atoms with van der Waals surface area (Å²) in [6.45, 7) is 0. The fraction of sp³-hybridized carbons (Fsp3) is 0.0952. The molecule has 2 aromatic heterocycles. The van der Waals surface area contributed by atoms with Crippen LogP contribution in [0.3, 0.4) is 0 Å². The minimum Gasteiger partial charge on any atom is -0.464 e. The average Bonchev–Trinajstić information content (AvgIpc) is 3.20. The van der Waals surface area contributed by atoms with E-state index in [9.17, 15) is 14.4 Å². The zero-order valence-electron chi connectivity index (χ0n) is 16.1. The first-order chi connectivity index (χ1) is 14.5. The van der Waals surface area contributed by atoms with Crippen molar-refractivity contribution in [3.05, 3.63) is 76.3 Å². The zero-order valence-corrected chi connectivity index (χ0v) is 16.9. The van der Waals surface area contributed by atoms with Gasteiger partial charge in [0.1, 0.15) is 0 Å². The van der Waals surface area contributed by atoms with Crippen LogP contribution in [0.4, 0.5) is 5.13 Å². The molecule has 2 heterocycles. The number of aryl methyl sites for hydroxylation is 1. The molecule has 2 aromatic carbocycles. The lowest BCUT2D eigenvalue weighted by molar-refractivity contribution is 0.0595. The predicted molar refractivity (Wildman–Crippen MR) is 114 cm³/mol. The van der Waals surface area contributed by atoms with Gasteiger partial charge in [-0.1, -0.05) is 59.9 Å². The Labute approximate surface area is 174 Å². The van der Waals surface area contributed by atoms with Gasteiger partial charge in [0.2, 0.25) is 0 Å².